The summed E-state index contributed by atoms with van der Waals surface area (Å²) in [5, 5.41) is 9.48. The van der Waals surface area contributed by atoms with E-state index in [1.807, 2.05) is 12.2 Å². The Morgan fingerprint density at radius 3 is 1.81 bits per heavy atom. The van der Waals surface area contributed by atoms with Gasteiger partial charge in [-0.2, -0.15) is 0 Å². The number of hydrogen-bond donors (Lipinski definition) is 1. The molecule has 0 spiro atoms. The van der Waals surface area contributed by atoms with Crippen LogP contribution in [0.2, 0.25) is 0 Å². The van der Waals surface area contributed by atoms with Gasteiger partial charge in [0.15, 0.2) is 11.9 Å². The molecule has 0 aromatic heterocycles. The summed E-state index contributed by atoms with van der Waals surface area (Å²) in [6.07, 6.45) is 35.9. The van der Waals surface area contributed by atoms with E-state index in [9.17, 15) is 19.5 Å². The second kappa shape index (κ2) is 32.4. The number of ether oxygens (including phenoxy) is 2. The molecule has 6 nitrogen and oxygen atoms in total. The van der Waals surface area contributed by atoms with E-state index in [-0.39, 0.29) is 31.2 Å². The van der Waals surface area contributed by atoms with E-state index in [4.69, 9.17) is 9.47 Å². The second-order valence-corrected chi connectivity index (χ2v) is 11.3. The highest BCUT2D eigenvalue weighted by molar-refractivity contribution is 5.90. The lowest BCUT2D eigenvalue weighted by Crippen LogP contribution is -2.28. The minimum absolute atomic E-state index is 0.0590. The molecular formula is C37H62O6. The van der Waals surface area contributed by atoms with Crippen molar-refractivity contribution in [2.24, 2.45) is 0 Å². The largest absolute Gasteiger partial charge is 0.462 e. The Bertz CT molecular complexity index is 795. The molecule has 0 unspecified atom stereocenters. The topological polar surface area (TPSA) is 89.9 Å². The average Bonchev–Trinajstić information content (AvgIpc) is 3.00. The third kappa shape index (κ3) is 30.8. The van der Waals surface area contributed by atoms with Gasteiger partial charge in [0.1, 0.15) is 6.61 Å². The highest BCUT2D eigenvalue weighted by Crippen LogP contribution is 2.12. The minimum Gasteiger partial charge on any atom is -0.462 e. The quantitative estimate of drug-likeness (QED) is 0.0290. The summed E-state index contributed by atoms with van der Waals surface area (Å²) in [5.74, 6) is -0.908. The molecule has 43 heavy (non-hydrogen) atoms. The van der Waals surface area contributed by atoms with Crippen molar-refractivity contribution in [2.75, 3.05) is 13.2 Å². The van der Waals surface area contributed by atoms with Crippen molar-refractivity contribution >= 4 is 17.7 Å². The van der Waals surface area contributed by atoms with Gasteiger partial charge >= 0.3 is 11.9 Å². The van der Waals surface area contributed by atoms with Crippen molar-refractivity contribution in [3.05, 3.63) is 48.6 Å². The average molecular weight is 603 g/mol. The second-order valence-electron chi connectivity index (χ2n) is 11.3. The van der Waals surface area contributed by atoms with Gasteiger partial charge in [-0.15, -0.1) is 0 Å². The molecule has 0 aliphatic rings. The van der Waals surface area contributed by atoms with Crippen LogP contribution < -0.4 is 0 Å². The van der Waals surface area contributed by atoms with E-state index < -0.39 is 18.7 Å². The van der Waals surface area contributed by atoms with Gasteiger partial charge in [-0.25, -0.2) is 0 Å². The summed E-state index contributed by atoms with van der Waals surface area (Å²) in [4.78, 5) is 36.1. The first-order valence-corrected chi connectivity index (χ1v) is 17.1. The van der Waals surface area contributed by atoms with Gasteiger partial charge in [0, 0.05) is 19.3 Å². The zero-order valence-corrected chi connectivity index (χ0v) is 27.4. The lowest BCUT2D eigenvalue weighted by Gasteiger charge is -2.15. The van der Waals surface area contributed by atoms with Crippen LogP contribution in [0.5, 0.6) is 0 Å². The maximum atomic E-state index is 12.1. The molecule has 1 atom stereocenters. The number of hydrogen-bond acceptors (Lipinski definition) is 6. The predicted molar refractivity (Wildman–Crippen MR) is 178 cm³/mol. The van der Waals surface area contributed by atoms with Crippen molar-refractivity contribution < 1.29 is 29.0 Å². The van der Waals surface area contributed by atoms with Crippen LogP contribution in [-0.2, 0) is 23.9 Å². The van der Waals surface area contributed by atoms with E-state index in [0.717, 1.165) is 38.5 Å². The number of ketones is 1. The van der Waals surface area contributed by atoms with Gasteiger partial charge in [0.2, 0.25) is 0 Å². The van der Waals surface area contributed by atoms with Gasteiger partial charge < -0.3 is 14.6 Å². The maximum Gasteiger partial charge on any atom is 0.306 e. The monoisotopic (exact) mass is 602 g/mol. The van der Waals surface area contributed by atoms with Crippen LogP contribution in [0.15, 0.2) is 48.6 Å². The Kier molecular flexibility index (Phi) is 30.6. The number of aliphatic hydroxyl groups excluding tert-OH is 1. The first-order chi connectivity index (χ1) is 21.0. The number of aliphatic hydroxyl groups is 1. The third-order valence-corrected chi connectivity index (χ3v) is 7.10. The van der Waals surface area contributed by atoms with Crippen LogP contribution in [0.4, 0.5) is 0 Å². The number of carbonyl (C=O) groups is 3. The Labute approximate surface area is 263 Å². The number of unbranched alkanes of at least 4 members (excludes halogenated alkanes) is 13. The van der Waals surface area contributed by atoms with Crippen molar-refractivity contribution in [3.63, 3.8) is 0 Å². The summed E-state index contributed by atoms with van der Waals surface area (Å²) >= 11 is 0. The highest BCUT2D eigenvalue weighted by atomic mass is 16.6. The zero-order valence-electron chi connectivity index (χ0n) is 27.4. The molecule has 0 saturated carbocycles. The van der Waals surface area contributed by atoms with Crippen LogP contribution in [0.1, 0.15) is 149 Å². The molecule has 0 aromatic rings. The van der Waals surface area contributed by atoms with E-state index in [2.05, 4.69) is 38.2 Å². The zero-order chi connectivity index (χ0) is 31.6. The molecule has 0 heterocycles. The molecule has 0 rings (SSSR count). The van der Waals surface area contributed by atoms with Gasteiger partial charge in [-0.05, 0) is 44.6 Å². The van der Waals surface area contributed by atoms with Gasteiger partial charge in [-0.1, -0.05) is 133 Å². The normalized spacial score (nSPS) is 12.6. The van der Waals surface area contributed by atoms with Crippen LogP contribution in [0, 0.1) is 0 Å². The molecule has 0 fully saturated rings. The van der Waals surface area contributed by atoms with Gasteiger partial charge in [-0.3, -0.25) is 14.4 Å². The first-order valence-electron chi connectivity index (χ1n) is 17.1. The molecule has 0 amide bonds. The molecular weight excluding hydrogens is 540 g/mol. The lowest BCUT2D eigenvalue weighted by molar-refractivity contribution is -0.161. The number of carbonyl (C=O) groups excluding carboxylic acids is 3. The number of allylic oxidation sites excluding steroid dienone is 8. The number of rotatable bonds is 30. The fourth-order valence-corrected chi connectivity index (χ4v) is 4.45. The summed E-state index contributed by atoms with van der Waals surface area (Å²) in [5.41, 5.74) is 0. The summed E-state index contributed by atoms with van der Waals surface area (Å²) < 4.78 is 10.4. The fraction of sp³-hybridized carbons (Fsp3) is 0.703. The molecule has 0 aliphatic carbocycles. The van der Waals surface area contributed by atoms with E-state index in [0.29, 0.717) is 12.8 Å². The van der Waals surface area contributed by atoms with Crippen LogP contribution >= 0.6 is 0 Å². The Hall–Kier alpha value is -2.47. The van der Waals surface area contributed by atoms with E-state index in [1.54, 1.807) is 6.08 Å². The smallest absolute Gasteiger partial charge is 0.306 e. The van der Waals surface area contributed by atoms with Crippen molar-refractivity contribution in [2.45, 2.75) is 155 Å². The van der Waals surface area contributed by atoms with Crippen molar-refractivity contribution in [1.82, 2.24) is 0 Å². The Balaban J connectivity index is 3.84. The molecule has 0 saturated heterocycles. The minimum atomic E-state index is -0.884. The molecule has 1 N–H and O–H groups in total. The van der Waals surface area contributed by atoms with E-state index in [1.165, 1.54) is 76.7 Å². The molecule has 0 aliphatic heterocycles. The van der Waals surface area contributed by atoms with E-state index >= 15 is 0 Å². The van der Waals surface area contributed by atoms with Gasteiger partial charge in [0.05, 0.1) is 6.61 Å². The number of esters is 2. The molecule has 0 aromatic carbocycles. The van der Waals surface area contributed by atoms with Crippen LogP contribution in [0.3, 0.4) is 0 Å². The van der Waals surface area contributed by atoms with Gasteiger partial charge in [0.25, 0.3) is 0 Å². The van der Waals surface area contributed by atoms with Crippen molar-refractivity contribution in [1.29, 1.82) is 0 Å². The van der Waals surface area contributed by atoms with Crippen LogP contribution in [0.25, 0.3) is 0 Å². The third-order valence-electron chi connectivity index (χ3n) is 7.10. The Morgan fingerprint density at radius 1 is 0.605 bits per heavy atom. The van der Waals surface area contributed by atoms with Crippen molar-refractivity contribution in [3.8, 4) is 0 Å². The Morgan fingerprint density at radius 2 is 1.16 bits per heavy atom. The first kappa shape index (κ1) is 40.5. The standard InChI is InChI=1S/C37H62O6/c1-3-5-7-9-11-13-15-16-18-19-21-23-25-28-34(39)29-27-31-37(41)43-35(32-38)33-42-36(40)30-26-24-22-20-17-14-12-10-8-6-4-2/h11,13,16,18,21,23,25,28,35,38H,3-10,12,14-15,17,19-20,22,24,26-27,29-33H2,1-2H3/b13-11-,18-16-,23-21-,28-25+/t35-/m0/s1. The molecule has 0 radical (unpaired) electrons. The maximum absolute atomic E-state index is 12.1. The lowest BCUT2D eigenvalue weighted by atomic mass is 10.1. The summed E-state index contributed by atoms with van der Waals surface area (Å²) in [6, 6.07) is 0. The predicted octanol–water partition coefficient (Wildman–Crippen LogP) is 9.46. The molecule has 0 bridgehead atoms. The summed E-state index contributed by atoms with van der Waals surface area (Å²) in [7, 11) is 0. The molecule has 6 heteroatoms. The summed E-state index contributed by atoms with van der Waals surface area (Å²) in [6.45, 7) is 3.87. The highest BCUT2D eigenvalue weighted by Gasteiger charge is 2.16. The van der Waals surface area contributed by atoms with Crippen LogP contribution in [-0.4, -0.2) is 42.1 Å². The fourth-order valence-electron chi connectivity index (χ4n) is 4.45. The SMILES string of the molecule is CCCCC/C=C\C/C=C\C/C=C\C=C\C(=O)CCCC(=O)O[C@@H](CO)COC(=O)CCCCCCCCCCCCC. The molecule has 246 valence electrons.